The maximum Gasteiger partial charge on any atom is 0.131 e. The Morgan fingerprint density at radius 1 is 1.32 bits per heavy atom. The molecular formula is C21H28O4. The number of phenols is 2. The molecule has 0 spiro atoms. The normalized spacial score (nSPS) is 14.0. The number of aliphatic hydroxyl groups is 2. The lowest BCUT2D eigenvalue weighted by Gasteiger charge is -2.28. The average molecular weight is 344 g/mol. The minimum absolute atomic E-state index is 0.0136. The second kappa shape index (κ2) is 9.31. The van der Waals surface area contributed by atoms with Gasteiger partial charge >= 0.3 is 0 Å². The summed E-state index contributed by atoms with van der Waals surface area (Å²) >= 11 is 0. The quantitative estimate of drug-likeness (QED) is 0.346. The van der Waals surface area contributed by atoms with E-state index in [4.69, 9.17) is 0 Å². The molecule has 0 aliphatic carbocycles. The lowest BCUT2D eigenvalue weighted by atomic mass is 9.89. The van der Waals surface area contributed by atoms with E-state index in [-0.39, 0.29) is 11.5 Å². The molecule has 0 bridgehead atoms. The van der Waals surface area contributed by atoms with Crippen LogP contribution in [0.1, 0.15) is 52.0 Å². The van der Waals surface area contributed by atoms with Crippen molar-refractivity contribution in [3.63, 3.8) is 0 Å². The summed E-state index contributed by atoms with van der Waals surface area (Å²) in [4.78, 5) is 0. The van der Waals surface area contributed by atoms with Gasteiger partial charge in [-0.1, -0.05) is 30.1 Å². The minimum atomic E-state index is -1.16. The third-order valence-electron chi connectivity index (χ3n) is 3.99. The Morgan fingerprint density at radius 3 is 2.64 bits per heavy atom. The molecule has 0 fully saturated rings. The van der Waals surface area contributed by atoms with Crippen LogP contribution in [-0.2, 0) is 0 Å². The van der Waals surface area contributed by atoms with Gasteiger partial charge in [0.25, 0.3) is 0 Å². The first kappa shape index (κ1) is 20.8. The van der Waals surface area contributed by atoms with Crippen LogP contribution < -0.4 is 0 Å². The molecule has 4 nitrogen and oxygen atoms in total. The Balaban J connectivity index is 2.57. The molecule has 1 aromatic rings. The van der Waals surface area contributed by atoms with Gasteiger partial charge in [0, 0.05) is 0 Å². The third-order valence-corrected chi connectivity index (χ3v) is 3.99. The van der Waals surface area contributed by atoms with E-state index in [9.17, 15) is 20.4 Å². The first-order chi connectivity index (χ1) is 11.6. The number of phenolic OH excluding ortho intramolecular Hbond substituents is 2. The summed E-state index contributed by atoms with van der Waals surface area (Å²) in [6, 6.07) is 4.12. The predicted octanol–water partition coefficient (Wildman–Crippen LogP) is 3.64. The summed E-state index contributed by atoms with van der Waals surface area (Å²) in [5.74, 6) is 5.58. The van der Waals surface area contributed by atoms with Crippen molar-refractivity contribution in [2.45, 2.75) is 58.2 Å². The lowest BCUT2D eigenvalue weighted by Crippen LogP contribution is -2.39. The van der Waals surface area contributed by atoms with Crippen molar-refractivity contribution >= 4 is 0 Å². The molecule has 0 aromatic heterocycles. The fourth-order valence-corrected chi connectivity index (χ4v) is 2.28. The Kier molecular flexibility index (Phi) is 7.76. The topological polar surface area (TPSA) is 80.9 Å². The fraction of sp³-hybridized carbons (Fsp3) is 0.429. The summed E-state index contributed by atoms with van der Waals surface area (Å²) < 4.78 is 0. The number of benzene rings is 1. The van der Waals surface area contributed by atoms with Crippen molar-refractivity contribution < 1.29 is 20.4 Å². The van der Waals surface area contributed by atoms with Gasteiger partial charge in [-0.25, -0.2) is 0 Å². The Hall–Kier alpha value is -2.22. The fourth-order valence-electron chi connectivity index (χ4n) is 2.28. The van der Waals surface area contributed by atoms with Crippen molar-refractivity contribution in [2.24, 2.45) is 0 Å². The van der Waals surface area contributed by atoms with Crippen LogP contribution in [0.2, 0.25) is 0 Å². The number of aliphatic hydroxyl groups excluding tert-OH is 1. The minimum Gasteiger partial charge on any atom is -0.508 e. The standard InChI is InChI=1S/C21H28O4/c1-15(2)6-5-13-21(4,25)20(24)12-8-16(3)7-9-17-14-18(22)10-11-19(17)23/h6,10-11,14,20,22-25H,3,5,8,12-13H2,1-2,4H3. The van der Waals surface area contributed by atoms with E-state index < -0.39 is 11.7 Å². The van der Waals surface area contributed by atoms with Gasteiger partial charge in [-0.05, 0) is 70.2 Å². The molecule has 0 aliphatic heterocycles. The van der Waals surface area contributed by atoms with Gasteiger partial charge in [0.2, 0.25) is 0 Å². The predicted molar refractivity (Wildman–Crippen MR) is 100 cm³/mol. The van der Waals surface area contributed by atoms with Crippen molar-refractivity contribution in [1.82, 2.24) is 0 Å². The zero-order valence-electron chi connectivity index (χ0n) is 15.2. The van der Waals surface area contributed by atoms with E-state index in [1.54, 1.807) is 6.92 Å². The second-order valence-electron chi connectivity index (χ2n) is 6.79. The number of hydrogen-bond donors (Lipinski definition) is 4. The molecule has 0 saturated carbocycles. The lowest BCUT2D eigenvalue weighted by molar-refractivity contribution is -0.0690. The molecule has 0 heterocycles. The van der Waals surface area contributed by atoms with Crippen molar-refractivity contribution in [3.05, 3.63) is 47.6 Å². The van der Waals surface area contributed by atoms with E-state index in [1.165, 1.54) is 23.8 Å². The highest BCUT2D eigenvalue weighted by Crippen LogP contribution is 2.23. The molecular weight excluding hydrogens is 316 g/mol. The zero-order chi connectivity index (χ0) is 19.0. The second-order valence-corrected chi connectivity index (χ2v) is 6.79. The van der Waals surface area contributed by atoms with E-state index >= 15 is 0 Å². The van der Waals surface area contributed by atoms with Crippen molar-refractivity contribution in [3.8, 4) is 23.3 Å². The molecule has 25 heavy (non-hydrogen) atoms. The molecule has 0 radical (unpaired) electrons. The highest BCUT2D eigenvalue weighted by molar-refractivity contribution is 5.50. The zero-order valence-corrected chi connectivity index (χ0v) is 15.2. The van der Waals surface area contributed by atoms with Crippen molar-refractivity contribution in [2.75, 3.05) is 0 Å². The average Bonchev–Trinajstić information content (AvgIpc) is 2.52. The summed E-state index contributed by atoms with van der Waals surface area (Å²) in [5.41, 5.74) is 0.921. The van der Waals surface area contributed by atoms with Crippen LogP contribution >= 0.6 is 0 Å². The SMILES string of the molecule is C=C(C#Cc1cc(O)ccc1O)CCC(O)C(C)(O)CCC=C(C)C. The van der Waals surface area contributed by atoms with Gasteiger partial charge < -0.3 is 20.4 Å². The van der Waals surface area contributed by atoms with Gasteiger partial charge in [-0.2, -0.15) is 0 Å². The molecule has 1 rings (SSSR count). The molecule has 1 aromatic carbocycles. The van der Waals surface area contributed by atoms with Crippen LogP contribution in [0.3, 0.4) is 0 Å². The van der Waals surface area contributed by atoms with Crippen LogP contribution in [0, 0.1) is 11.8 Å². The van der Waals surface area contributed by atoms with Gasteiger partial charge in [0.05, 0.1) is 17.3 Å². The Bertz CT molecular complexity index is 686. The van der Waals surface area contributed by atoms with Gasteiger partial charge in [0.15, 0.2) is 0 Å². The highest BCUT2D eigenvalue weighted by atomic mass is 16.3. The number of hydrogen-bond acceptors (Lipinski definition) is 4. The largest absolute Gasteiger partial charge is 0.508 e. The first-order valence-electron chi connectivity index (χ1n) is 8.37. The van der Waals surface area contributed by atoms with Crippen molar-refractivity contribution in [1.29, 1.82) is 0 Å². The Labute approximate surface area is 150 Å². The van der Waals surface area contributed by atoms with Crippen LogP contribution in [-0.4, -0.2) is 32.1 Å². The Morgan fingerprint density at radius 2 is 2.00 bits per heavy atom. The maximum absolute atomic E-state index is 10.4. The molecule has 2 atom stereocenters. The molecule has 4 heteroatoms. The van der Waals surface area contributed by atoms with E-state index in [2.05, 4.69) is 18.4 Å². The van der Waals surface area contributed by atoms with E-state index in [1.807, 2.05) is 19.9 Å². The third kappa shape index (κ3) is 7.47. The molecule has 0 amide bonds. The molecule has 2 unspecified atom stereocenters. The number of aromatic hydroxyl groups is 2. The van der Waals surface area contributed by atoms with Gasteiger partial charge in [-0.15, -0.1) is 0 Å². The van der Waals surface area contributed by atoms with Crippen LogP contribution in [0.5, 0.6) is 11.5 Å². The van der Waals surface area contributed by atoms with Crippen LogP contribution in [0.25, 0.3) is 0 Å². The molecule has 136 valence electrons. The van der Waals surface area contributed by atoms with Gasteiger partial charge in [0.1, 0.15) is 11.5 Å². The molecule has 0 aliphatic rings. The summed E-state index contributed by atoms with van der Waals surface area (Å²) in [7, 11) is 0. The van der Waals surface area contributed by atoms with E-state index in [0.29, 0.717) is 36.8 Å². The molecule has 0 saturated heterocycles. The smallest absolute Gasteiger partial charge is 0.131 e. The summed E-state index contributed by atoms with van der Waals surface area (Å²) in [5, 5.41) is 39.7. The summed E-state index contributed by atoms with van der Waals surface area (Å²) in [6.45, 7) is 9.47. The van der Waals surface area contributed by atoms with Crippen LogP contribution in [0.4, 0.5) is 0 Å². The van der Waals surface area contributed by atoms with E-state index in [0.717, 1.165) is 0 Å². The highest BCUT2D eigenvalue weighted by Gasteiger charge is 2.29. The number of rotatable bonds is 7. The monoisotopic (exact) mass is 344 g/mol. The maximum atomic E-state index is 10.4. The first-order valence-corrected chi connectivity index (χ1v) is 8.37. The number of allylic oxidation sites excluding steroid dienone is 3. The summed E-state index contributed by atoms with van der Waals surface area (Å²) in [6.07, 6.45) is 3.14. The van der Waals surface area contributed by atoms with Crippen LogP contribution in [0.15, 0.2) is 42.0 Å². The van der Waals surface area contributed by atoms with Gasteiger partial charge in [-0.3, -0.25) is 0 Å². The molecule has 4 N–H and O–H groups in total.